The largest absolute Gasteiger partial charge is 0.452 e. The third-order valence-corrected chi connectivity index (χ3v) is 3.80. The van der Waals surface area contributed by atoms with Crippen molar-refractivity contribution in [3.8, 4) is 0 Å². The number of aryl methyl sites for hydroxylation is 3. The molecule has 0 saturated carbocycles. The lowest BCUT2D eigenvalue weighted by atomic mass is 10.2. The second kappa shape index (κ2) is 7.79. The molecule has 1 amide bonds. The molecule has 7 heteroatoms. The van der Waals surface area contributed by atoms with E-state index in [0.717, 1.165) is 5.56 Å². The van der Waals surface area contributed by atoms with Gasteiger partial charge in [0.2, 0.25) is 0 Å². The maximum absolute atomic E-state index is 11.8. The Morgan fingerprint density at radius 1 is 1.33 bits per heavy atom. The predicted molar refractivity (Wildman–Crippen MR) is 92.8 cm³/mol. The lowest BCUT2D eigenvalue weighted by Gasteiger charge is -2.07. The number of amides is 1. The standard InChI is InChI=1S/C17H18ClN3O3/c1-11-6-4-5-7-14(11)19-15(22)10-24-16(23)9-8-13-12(2)20-21(3)17(13)18/h4-9H,10H2,1-3H3,(H,19,22)/b9-8+. The van der Waals surface area contributed by atoms with Crippen LogP contribution in [0.4, 0.5) is 5.69 Å². The third-order valence-electron chi connectivity index (χ3n) is 3.35. The number of aromatic nitrogens is 2. The van der Waals surface area contributed by atoms with Crippen molar-refractivity contribution in [2.75, 3.05) is 11.9 Å². The van der Waals surface area contributed by atoms with E-state index in [4.69, 9.17) is 16.3 Å². The summed E-state index contributed by atoms with van der Waals surface area (Å²) in [5.74, 6) is -1.03. The SMILES string of the molecule is Cc1ccccc1NC(=O)COC(=O)/C=C/c1c(C)nn(C)c1Cl. The van der Waals surface area contributed by atoms with Crippen LogP contribution in [0, 0.1) is 13.8 Å². The van der Waals surface area contributed by atoms with Crippen molar-refractivity contribution >= 4 is 35.2 Å². The van der Waals surface area contributed by atoms with Gasteiger partial charge in [-0.1, -0.05) is 29.8 Å². The van der Waals surface area contributed by atoms with E-state index in [-0.39, 0.29) is 6.61 Å². The summed E-state index contributed by atoms with van der Waals surface area (Å²) in [5.41, 5.74) is 2.95. The van der Waals surface area contributed by atoms with Crippen LogP contribution in [0.2, 0.25) is 5.15 Å². The first-order valence-corrected chi connectivity index (χ1v) is 7.65. The molecule has 0 aliphatic heterocycles. The summed E-state index contributed by atoms with van der Waals surface area (Å²) >= 11 is 6.06. The molecule has 1 aromatic carbocycles. The van der Waals surface area contributed by atoms with Crippen molar-refractivity contribution < 1.29 is 14.3 Å². The van der Waals surface area contributed by atoms with E-state index in [1.54, 1.807) is 20.0 Å². The van der Waals surface area contributed by atoms with Crippen LogP contribution in [0.25, 0.3) is 6.08 Å². The first-order chi connectivity index (χ1) is 11.4. The molecule has 2 rings (SSSR count). The molecule has 1 heterocycles. The van der Waals surface area contributed by atoms with E-state index in [9.17, 15) is 9.59 Å². The van der Waals surface area contributed by atoms with E-state index >= 15 is 0 Å². The maximum Gasteiger partial charge on any atom is 0.331 e. The van der Waals surface area contributed by atoms with Crippen LogP contribution in [-0.2, 0) is 21.4 Å². The van der Waals surface area contributed by atoms with Crippen molar-refractivity contribution in [1.82, 2.24) is 9.78 Å². The molecule has 24 heavy (non-hydrogen) atoms. The lowest BCUT2D eigenvalue weighted by molar-refractivity contribution is -0.142. The van der Waals surface area contributed by atoms with Gasteiger partial charge >= 0.3 is 5.97 Å². The molecule has 0 unspecified atom stereocenters. The number of para-hydroxylation sites is 1. The molecule has 0 aliphatic rings. The smallest absolute Gasteiger partial charge is 0.331 e. The highest BCUT2D eigenvalue weighted by Crippen LogP contribution is 2.20. The van der Waals surface area contributed by atoms with Crippen molar-refractivity contribution in [2.24, 2.45) is 7.05 Å². The zero-order valence-electron chi connectivity index (χ0n) is 13.7. The first-order valence-electron chi connectivity index (χ1n) is 7.28. The highest BCUT2D eigenvalue weighted by atomic mass is 35.5. The molecule has 126 valence electrons. The Morgan fingerprint density at radius 3 is 2.67 bits per heavy atom. The summed E-state index contributed by atoms with van der Waals surface area (Å²) < 4.78 is 6.43. The van der Waals surface area contributed by atoms with Crippen molar-refractivity contribution in [2.45, 2.75) is 13.8 Å². The van der Waals surface area contributed by atoms with Crippen LogP contribution >= 0.6 is 11.6 Å². The highest BCUT2D eigenvalue weighted by Gasteiger charge is 2.10. The fraction of sp³-hybridized carbons (Fsp3) is 0.235. The molecule has 6 nitrogen and oxygen atoms in total. The van der Waals surface area contributed by atoms with Crippen molar-refractivity contribution in [3.63, 3.8) is 0 Å². The highest BCUT2D eigenvalue weighted by molar-refractivity contribution is 6.31. The molecule has 1 aromatic heterocycles. The number of hydrogen-bond acceptors (Lipinski definition) is 4. The van der Waals surface area contributed by atoms with Gasteiger partial charge in [0.15, 0.2) is 6.61 Å². The van der Waals surface area contributed by atoms with Gasteiger partial charge in [0, 0.05) is 24.4 Å². The molecule has 0 atom stereocenters. The second-order valence-corrected chi connectivity index (χ2v) is 5.58. The van der Waals surface area contributed by atoms with E-state index in [0.29, 0.717) is 22.1 Å². The first kappa shape index (κ1) is 17.7. The van der Waals surface area contributed by atoms with Crippen LogP contribution in [0.1, 0.15) is 16.8 Å². The van der Waals surface area contributed by atoms with Gasteiger partial charge in [0.05, 0.1) is 5.69 Å². The van der Waals surface area contributed by atoms with Gasteiger partial charge in [-0.3, -0.25) is 9.48 Å². The van der Waals surface area contributed by atoms with Crippen LogP contribution in [0.5, 0.6) is 0 Å². The van der Waals surface area contributed by atoms with Crippen LogP contribution in [0.15, 0.2) is 30.3 Å². The van der Waals surface area contributed by atoms with Crippen molar-refractivity contribution in [1.29, 1.82) is 0 Å². The van der Waals surface area contributed by atoms with Crippen molar-refractivity contribution in [3.05, 3.63) is 52.3 Å². The zero-order valence-corrected chi connectivity index (χ0v) is 14.4. The number of rotatable bonds is 5. The number of nitrogens with zero attached hydrogens (tertiary/aromatic N) is 2. The van der Waals surface area contributed by atoms with Crippen LogP contribution < -0.4 is 5.32 Å². The van der Waals surface area contributed by atoms with E-state index < -0.39 is 11.9 Å². The number of esters is 1. The normalized spacial score (nSPS) is 10.8. The molecular formula is C17H18ClN3O3. The van der Waals surface area contributed by atoms with Gasteiger partial charge in [-0.25, -0.2) is 4.79 Å². The Morgan fingerprint density at radius 2 is 2.04 bits per heavy atom. The number of benzene rings is 1. The minimum atomic E-state index is -0.630. The predicted octanol–water partition coefficient (Wildman–Crippen LogP) is 2.89. The Kier molecular flexibility index (Phi) is 5.76. The number of carbonyl (C=O) groups is 2. The zero-order chi connectivity index (χ0) is 17.7. The summed E-state index contributed by atoms with van der Waals surface area (Å²) in [4.78, 5) is 23.5. The summed E-state index contributed by atoms with van der Waals surface area (Å²) in [5, 5.41) is 7.25. The number of nitrogens with one attached hydrogen (secondary N) is 1. The molecule has 0 fully saturated rings. The fourth-order valence-electron chi connectivity index (χ4n) is 2.07. The van der Waals surface area contributed by atoms with Crippen LogP contribution in [0.3, 0.4) is 0 Å². The van der Waals surface area contributed by atoms with Gasteiger partial charge < -0.3 is 10.1 Å². The van der Waals surface area contributed by atoms with Gasteiger partial charge in [-0.2, -0.15) is 5.10 Å². The number of halogens is 1. The fourth-order valence-corrected chi connectivity index (χ4v) is 2.31. The summed E-state index contributed by atoms with van der Waals surface area (Å²) in [7, 11) is 1.71. The Balaban J connectivity index is 1.88. The minimum Gasteiger partial charge on any atom is -0.452 e. The molecule has 2 aromatic rings. The summed E-state index contributed by atoms with van der Waals surface area (Å²) in [6.45, 7) is 3.30. The summed E-state index contributed by atoms with van der Waals surface area (Å²) in [6.07, 6.45) is 2.74. The third kappa shape index (κ3) is 4.45. The monoisotopic (exact) mass is 347 g/mol. The average molecular weight is 348 g/mol. The number of ether oxygens (including phenoxy) is 1. The Labute approximate surface area is 145 Å². The summed E-state index contributed by atoms with van der Waals surface area (Å²) in [6, 6.07) is 7.35. The van der Waals surface area contributed by atoms with Gasteiger partial charge in [-0.05, 0) is 31.6 Å². The Bertz CT molecular complexity index is 796. The molecule has 0 saturated heterocycles. The number of hydrogen-bond donors (Lipinski definition) is 1. The average Bonchev–Trinajstić information content (AvgIpc) is 2.78. The Hall–Kier alpha value is -2.60. The molecule has 0 radical (unpaired) electrons. The van der Waals surface area contributed by atoms with E-state index in [1.165, 1.54) is 16.8 Å². The van der Waals surface area contributed by atoms with E-state index in [1.807, 2.05) is 25.1 Å². The molecule has 0 spiro atoms. The number of carbonyl (C=O) groups excluding carboxylic acids is 2. The minimum absolute atomic E-state index is 0.364. The number of anilines is 1. The van der Waals surface area contributed by atoms with E-state index in [2.05, 4.69) is 10.4 Å². The maximum atomic E-state index is 11.8. The second-order valence-electron chi connectivity index (χ2n) is 5.22. The topological polar surface area (TPSA) is 73.2 Å². The van der Waals surface area contributed by atoms with Crippen LogP contribution in [-0.4, -0.2) is 28.3 Å². The van der Waals surface area contributed by atoms with Gasteiger partial charge in [-0.15, -0.1) is 0 Å². The van der Waals surface area contributed by atoms with Gasteiger partial charge in [0.1, 0.15) is 5.15 Å². The lowest BCUT2D eigenvalue weighted by Crippen LogP contribution is -2.20. The molecule has 0 bridgehead atoms. The van der Waals surface area contributed by atoms with Gasteiger partial charge in [0.25, 0.3) is 5.91 Å². The molecule has 0 aliphatic carbocycles. The molecular weight excluding hydrogens is 330 g/mol. The molecule has 1 N–H and O–H groups in total. The quantitative estimate of drug-likeness (QED) is 0.666.